The van der Waals surface area contributed by atoms with Gasteiger partial charge in [-0.05, 0) is 38.0 Å². The van der Waals surface area contributed by atoms with Crippen LogP contribution in [0.25, 0.3) is 0 Å². The monoisotopic (exact) mass is 291 g/mol. The van der Waals surface area contributed by atoms with Gasteiger partial charge in [0.2, 0.25) is 5.91 Å². The molecule has 0 aromatic carbocycles. The molecule has 0 radical (unpaired) electrons. The standard InChI is InChI=1S/C15H21N3O3/c1-8-11(7-18(2)17-8)6-16-14(19)12-9-3-4-10(5-9)13(12)15(20)21/h7,9-10,12-13H,3-6H2,1-2H3,(H,16,19)(H,20,21)/t9-,10-,12+,13-/m0/s1. The average Bonchev–Trinajstić information content (AvgIpc) is 3.09. The molecule has 0 aliphatic heterocycles. The Kier molecular flexibility index (Phi) is 3.47. The summed E-state index contributed by atoms with van der Waals surface area (Å²) in [5, 5.41) is 16.5. The van der Waals surface area contributed by atoms with Crippen molar-refractivity contribution in [2.24, 2.45) is 30.7 Å². The topological polar surface area (TPSA) is 84.2 Å². The van der Waals surface area contributed by atoms with Crippen LogP contribution in [0.4, 0.5) is 0 Å². The van der Waals surface area contributed by atoms with E-state index in [1.165, 1.54) is 0 Å². The highest BCUT2D eigenvalue weighted by atomic mass is 16.4. The Morgan fingerprint density at radius 2 is 2.05 bits per heavy atom. The van der Waals surface area contributed by atoms with Crippen LogP contribution < -0.4 is 5.32 Å². The molecule has 6 nitrogen and oxygen atoms in total. The van der Waals surface area contributed by atoms with Gasteiger partial charge < -0.3 is 10.4 Å². The lowest BCUT2D eigenvalue weighted by Gasteiger charge is -2.27. The van der Waals surface area contributed by atoms with Crippen molar-refractivity contribution in [2.45, 2.75) is 32.7 Å². The van der Waals surface area contributed by atoms with E-state index in [0.29, 0.717) is 6.54 Å². The highest BCUT2D eigenvalue weighted by molar-refractivity contribution is 5.86. The first-order valence-electron chi connectivity index (χ1n) is 7.47. The molecule has 114 valence electrons. The van der Waals surface area contributed by atoms with E-state index in [9.17, 15) is 14.7 Å². The number of aromatic nitrogens is 2. The van der Waals surface area contributed by atoms with Crippen LogP contribution in [-0.4, -0.2) is 26.8 Å². The van der Waals surface area contributed by atoms with Crippen LogP contribution in [0.2, 0.25) is 0 Å². The Morgan fingerprint density at radius 3 is 2.62 bits per heavy atom. The van der Waals surface area contributed by atoms with E-state index in [1.807, 2.05) is 20.2 Å². The highest BCUT2D eigenvalue weighted by Crippen LogP contribution is 2.52. The molecular formula is C15H21N3O3. The largest absolute Gasteiger partial charge is 0.481 e. The summed E-state index contributed by atoms with van der Waals surface area (Å²) in [5.74, 6) is -1.37. The minimum Gasteiger partial charge on any atom is -0.481 e. The molecule has 3 rings (SSSR count). The van der Waals surface area contributed by atoms with Gasteiger partial charge in [-0.15, -0.1) is 0 Å². The molecule has 6 heteroatoms. The van der Waals surface area contributed by atoms with Gasteiger partial charge in [0.05, 0.1) is 17.5 Å². The van der Waals surface area contributed by atoms with Crippen molar-refractivity contribution in [3.8, 4) is 0 Å². The zero-order chi connectivity index (χ0) is 15.1. The Morgan fingerprint density at radius 1 is 1.38 bits per heavy atom. The Bertz CT molecular complexity index is 581. The van der Waals surface area contributed by atoms with Gasteiger partial charge >= 0.3 is 5.97 Å². The summed E-state index contributed by atoms with van der Waals surface area (Å²) in [4.78, 5) is 23.9. The van der Waals surface area contributed by atoms with E-state index in [0.717, 1.165) is 30.5 Å². The van der Waals surface area contributed by atoms with Crippen LogP contribution in [0.3, 0.4) is 0 Å². The number of aryl methyl sites for hydroxylation is 2. The van der Waals surface area contributed by atoms with E-state index >= 15 is 0 Å². The lowest BCUT2D eigenvalue weighted by molar-refractivity contribution is -0.149. The lowest BCUT2D eigenvalue weighted by Crippen LogP contribution is -2.41. The van der Waals surface area contributed by atoms with Gasteiger partial charge in [0.25, 0.3) is 0 Å². The molecule has 0 unspecified atom stereocenters. The van der Waals surface area contributed by atoms with E-state index in [2.05, 4.69) is 10.4 Å². The molecule has 0 spiro atoms. The maximum Gasteiger partial charge on any atom is 0.307 e. The fraction of sp³-hybridized carbons (Fsp3) is 0.667. The van der Waals surface area contributed by atoms with Gasteiger partial charge in [-0.2, -0.15) is 5.10 Å². The van der Waals surface area contributed by atoms with Gasteiger partial charge in [-0.3, -0.25) is 14.3 Å². The van der Waals surface area contributed by atoms with Crippen LogP contribution in [0.1, 0.15) is 30.5 Å². The van der Waals surface area contributed by atoms with Crippen molar-refractivity contribution in [2.75, 3.05) is 0 Å². The summed E-state index contributed by atoms with van der Waals surface area (Å²) < 4.78 is 1.72. The first-order valence-corrected chi connectivity index (χ1v) is 7.47. The molecule has 2 bridgehead atoms. The second-order valence-electron chi connectivity index (χ2n) is 6.35. The number of carbonyl (C=O) groups excluding carboxylic acids is 1. The Hall–Kier alpha value is -1.85. The SMILES string of the molecule is Cc1nn(C)cc1CNC(=O)[C@@H]1[C@H]2CC[C@@H](C2)[C@@H]1C(=O)O. The maximum atomic E-state index is 12.4. The summed E-state index contributed by atoms with van der Waals surface area (Å²) in [6, 6.07) is 0. The number of amides is 1. The van der Waals surface area contributed by atoms with Crippen LogP contribution in [-0.2, 0) is 23.2 Å². The summed E-state index contributed by atoms with van der Waals surface area (Å²) in [6.45, 7) is 2.32. The number of nitrogens with zero attached hydrogens (tertiary/aromatic N) is 2. The molecule has 2 fully saturated rings. The Labute approximate surface area is 123 Å². The smallest absolute Gasteiger partial charge is 0.307 e. The normalized spacial score (nSPS) is 30.6. The van der Waals surface area contributed by atoms with Crippen LogP contribution in [0, 0.1) is 30.6 Å². The van der Waals surface area contributed by atoms with Crippen molar-refractivity contribution in [3.05, 3.63) is 17.5 Å². The average molecular weight is 291 g/mol. The third kappa shape index (κ3) is 2.43. The molecule has 1 aromatic rings. The van der Waals surface area contributed by atoms with Gasteiger partial charge in [0, 0.05) is 25.4 Å². The van der Waals surface area contributed by atoms with E-state index in [-0.39, 0.29) is 23.7 Å². The van der Waals surface area contributed by atoms with Gasteiger partial charge in [-0.25, -0.2) is 0 Å². The van der Waals surface area contributed by atoms with Gasteiger partial charge in [-0.1, -0.05) is 0 Å². The predicted octanol–water partition coefficient (Wildman–Crippen LogP) is 1.09. The minimum atomic E-state index is -0.820. The zero-order valence-electron chi connectivity index (χ0n) is 12.4. The van der Waals surface area contributed by atoms with Crippen molar-refractivity contribution in [3.63, 3.8) is 0 Å². The fourth-order valence-corrected chi connectivity index (χ4v) is 4.15. The van der Waals surface area contributed by atoms with Crippen LogP contribution >= 0.6 is 0 Å². The van der Waals surface area contributed by atoms with Crippen LogP contribution in [0.15, 0.2) is 6.20 Å². The summed E-state index contributed by atoms with van der Waals surface area (Å²) in [5.41, 5.74) is 1.86. The van der Waals surface area contributed by atoms with Gasteiger partial charge in [0.1, 0.15) is 0 Å². The number of fused-ring (bicyclic) bond motifs is 2. The van der Waals surface area contributed by atoms with Crippen molar-refractivity contribution in [1.82, 2.24) is 15.1 Å². The van der Waals surface area contributed by atoms with Gasteiger partial charge in [0.15, 0.2) is 0 Å². The quantitative estimate of drug-likeness (QED) is 0.869. The second-order valence-corrected chi connectivity index (χ2v) is 6.35. The van der Waals surface area contributed by atoms with Crippen molar-refractivity contribution >= 4 is 11.9 Å². The molecule has 1 aromatic heterocycles. The van der Waals surface area contributed by atoms with Crippen LogP contribution in [0.5, 0.6) is 0 Å². The predicted molar refractivity (Wildman–Crippen MR) is 75.2 cm³/mol. The summed E-state index contributed by atoms with van der Waals surface area (Å²) in [6.07, 6.45) is 4.71. The van der Waals surface area contributed by atoms with Crippen molar-refractivity contribution in [1.29, 1.82) is 0 Å². The molecule has 2 aliphatic rings. The molecule has 2 N–H and O–H groups in total. The minimum absolute atomic E-state index is 0.113. The zero-order valence-corrected chi connectivity index (χ0v) is 12.4. The Balaban J connectivity index is 1.67. The number of aliphatic carboxylic acids is 1. The van der Waals surface area contributed by atoms with E-state index in [4.69, 9.17) is 0 Å². The molecular weight excluding hydrogens is 270 g/mol. The van der Waals surface area contributed by atoms with E-state index < -0.39 is 11.9 Å². The number of nitrogens with one attached hydrogen (secondary N) is 1. The first-order chi connectivity index (χ1) is 9.97. The fourth-order valence-electron chi connectivity index (χ4n) is 4.15. The van der Waals surface area contributed by atoms with Crippen molar-refractivity contribution < 1.29 is 14.7 Å². The maximum absolute atomic E-state index is 12.4. The number of hydrogen-bond donors (Lipinski definition) is 2. The second kappa shape index (κ2) is 5.16. The molecule has 0 saturated heterocycles. The molecule has 1 heterocycles. The summed E-state index contributed by atoms with van der Waals surface area (Å²) >= 11 is 0. The lowest BCUT2D eigenvalue weighted by atomic mass is 9.78. The number of carbonyl (C=O) groups is 2. The molecule has 1 amide bonds. The first kappa shape index (κ1) is 14.1. The third-order valence-corrected chi connectivity index (χ3v) is 5.07. The third-order valence-electron chi connectivity index (χ3n) is 5.07. The molecule has 21 heavy (non-hydrogen) atoms. The highest BCUT2D eigenvalue weighted by Gasteiger charge is 2.53. The molecule has 4 atom stereocenters. The number of carboxylic acids is 1. The number of hydrogen-bond acceptors (Lipinski definition) is 3. The summed E-state index contributed by atoms with van der Waals surface area (Å²) in [7, 11) is 1.84. The number of rotatable bonds is 4. The number of carboxylic acid groups (broad SMARTS) is 1. The molecule has 2 aliphatic carbocycles. The molecule has 2 saturated carbocycles. The van der Waals surface area contributed by atoms with E-state index in [1.54, 1.807) is 4.68 Å².